The largest absolute Gasteiger partial charge is 0.378 e. The van der Waals surface area contributed by atoms with E-state index in [0.717, 1.165) is 12.8 Å². The number of hydrogen-bond donors (Lipinski definition) is 1. The molecule has 2 aromatic rings. The first-order valence-corrected chi connectivity index (χ1v) is 6.34. The molecule has 0 aromatic heterocycles. The van der Waals surface area contributed by atoms with Crippen molar-refractivity contribution in [1.82, 2.24) is 0 Å². The molecule has 18 heavy (non-hydrogen) atoms. The maximum Gasteiger partial charge on any atom is 0.126 e. The lowest BCUT2D eigenvalue weighted by atomic mass is 9.93. The summed E-state index contributed by atoms with van der Waals surface area (Å²) in [6, 6.07) is 14.1. The second-order valence-electron chi connectivity index (χ2n) is 4.90. The quantitative estimate of drug-likeness (QED) is 0.787. The van der Waals surface area contributed by atoms with E-state index in [9.17, 15) is 4.39 Å². The second-order valence-corrected chi connectivity index (χ2v) is 4.90. The molecular weight excluding hydrogens is 225 g/mol. The van der Waals surface area contributed by atoms with Gasteiger partial charge < -0.3 is 5.32 Å². The average Bonchev–Trinajstić information content (AvgIpc) is 2.41. The summed E-state index contributed by atoms with van der Waals surface area (Å²) in [4.78, 5) is 0. The van der Waals surface area contributed by atoms with E-state index in [4.69, 9.17) is 0 Å². The maximum atomic E-state index is 13.3. The van der Waals surface area contributed by atoms with Gasteiger partial charge in [-0.15, -0.1) is 0 Å². The number of rotatable bonds is 1. The molecule has 1 aliphatic rings. The summed E-state index contributed by atoms with van der Waals surface area (Å²) in [5, 5.41) is 3.54. The van der Waals surface area contributed by atoms with Gasteiger partial charge in [-0.2, -0.15) is 0 Å². The number of anilines is 1. The lowest BCUT2D eigenvalue weighted by Gasteiger charge is -2.27. The first-order valence-electron chi connectivity index (χ1n) is 6.34. The van der Waals surface area contributed by atoms with Gasteiger partial charge in [0.15, 0.2) is 0 Å². The first kappa shape index (κ1) is 11.3. The van der Waals surface area contributed by atoms with Gasteiger partial charge in [-0.1, -0.05) is 30.3 Å². The van der Waals surface area contributed by atoms with Crippen molar-refractivity contribution >= 4 is 5.69 Å². The van der Waals surface area contributed by atoms with Gasteiger partial charge in [-0.3, -0.25) is 0 Å². The zero-order valence-electron chi connectivity index (χ0n) is 10.4. The number of para-hydroxylation sites is 1. The Balaban J connectivity index is 1.89. The van der Waals surface area contributed by atoms with Crippen LogP contribution < -0.4 is 5.32 Å². The van der Waals surface area contributed by atoms with Crippen molar-refractivity contribution in [2.24, 2.45) is 0 Å². The highest BCUT2D eigenvalue weighted by molar-refractivity contribution is 5.55. The van der Waals surface area contributed by atoms with Gasteiger partial charge in [-0.25, -0.2) is 4.39 Å². The van der Waals surface area contributed by atoms with Crippen LogP contribution in [0, 0.1) is 12.7 Å². The van der Waals surface area contributed by atoms with Crippen molar-refractivity contribution in [3.05, 3.63) is 65.0 Å². The third kappa shape index (κ3) is 1.99. The smallest absolute Gasteiger partial charge is 0.126 e. The first-order chi connectivity index (χ1) is 8.74. The summed E-state index contributed by atoms with van der Waals surface area (Å²) in [6.45, 7) is 1.82. The molecule has 0 saturated carbocycles. The third-order valence-corrected chi connectivity index (χ3v) is 3.63. The molecule has 1 atom stereocenters. The number of fused-ring (bicyclic) bond motifs is 1. The molecule has 0 fully saturated rings. The average molecular weight is 241 g/mol. The van der Waals surface area contributed by atoms with Gasteiger partial charge >= 0.3 is 0 Å². The lowest BCUT2D eigenvalue weighted by Crippen LogP contribution is -2.18. The Morgan fingerprint density at radius 1 is 1.17 bits per heavy atom. The number of hydrogen-bond acceptors (Lipinski definition) is 1. The number of halogens is 1. The minimum absolute atomic E-state index is 0.130. The van der Waals surface area contributed by atoms with Crippen molar-refractivity contribution in [2.45, 2.75) is 25.8 Å². The highest BCUT2D eigenvalue weighted by Crippen LogP contribution is 2.32. The van der Waals surface area contributed by atoms with Crippen LogP contribution in [0.1, 0.15) is 29.2 Å². The van der Waals surface area contributed by atoms with Gasteiger partial charge in [0.05, 0.1) is 6.04 Å². The highest BCUT2D eigenvalue weighted by atomic mass is 19.1. The zero-order valence-corrected chi connectivity index (χ0v) is 10.4. The van der Waals surface area contributed by atoms with E-state index in [0.29, 0.717) is 11.6 Å². The van der Waals surface area contributed by atoms with E-state index < -0.39 is 0 Å². The lowest BCUT2D eigenvalue weighted by molar-refractivity contribution is 0.613. The maximum absolute atomic E-state index is 13.3. The summed E-state index contributed by atoms with van der Waals surface area (Å²) in [7, 11) is 0. The monoisotopic (exact) mass is 241 g/mol. The number of nitrogens with one attached hydrogen (secondary N) is 1. The van der Waals surface area contributed by atoms with Crippen LogP contribution in [0.4, 0.5) is 10.1 Å². The molecule has 1 heterocycles. The van der Waals surface area contributed by atoms with Crippen LogP contribution in [0.2, 0.25) is 0 Å². The minimum Gasteiger partial charge on any atom is -0.378 e. The van der Waals surface area contributed by atoms with Crippen LogP contribution in [-0.2, 0) is 6.42 Å². The predicted molar refractivity (Wildman–Crippen MR) is 72.3 cm³/mol. The minimum atomic E-state index is -0.130. The fourth-order valence-electron chi connectivity index (χ4n) is 2.57. The molecule has 0 radical (unpaired) electrons. The van der Waals surface area contributed by atoms with Crippen LogP contribution in [0.25, 0.3) is 0 Å². The van der Waals surface area contributed by atoms with Crippen molar-refractivity contribution in [2.75, 3.05) is 5.32 Å². The molecule has 1 N–H and O–H groups in total. The summed E-state index contributed by atoms with van der Waals surface area (Å²) >= 11 is 0. The molecule has 2 aromatic carbocycles. The Bertz CT molecular complexity index is 577. The summed E-state index contributed by atoms with van der Waals surface area (Å²) in [5.74, 6) is -0.130. The van der Waals surface area contributed by atoms with Crippen LogP contribution in [0.5, 0.6) is 0 Å². The van der Waals surface area contributed by atoms with Gasteiger partial charge in [0.2, 0.25) is 0 Å². The van der Waals surface area contributed by atoms with Crippen molar-refractivity contribution in [3.8, 4) is 0 Å². The molecule has 0 amide bonds. The Kier molecular flexibility index (Phi) is 2.78. The molecule has 1 unspecified atom stereocenters. The third-order valence-electron chi connectivity index (χ3n) is 3.63. The topological polar surface area (TPSA) is 12.0 Å². The van der Waals surface area contributed by atoms with Crippen molar-refractivity contribution in [1.29, 1.82) is 0 Å². The predicted octanol–water partition coefficient (Wildman–Crippen LogP) is 4.23. The standard InChI is InChI=1S/C16H16FN/c1-11-10-13(6-8-14(11)17)16-9-7-12-4-2-3-5-15(12)18-16/h2-6,8,10,16,18H,7,9H2,1H3. The molecule has 1 aliphatic heterocycles. The molecule has 92 valence electrons. The van der Waals surface area contributed by atoms with Crippen molar-refractivity contribution < 1.29 is 4.39 Å². The summed E-state index contributed by atoms with van der Waals surface area (Å²) in [6.07, 6.45) is 2.13. The van der Waals surface area contributed by atoms with Crippen LogP contribution in [0.3, 0.4) is 0 Å². The van der Waals surface area contributed by atoms with E-state index in [1.807, 2.05) is 25.1 Å². The zero-order chi connectivity index (χ0) is 12.5. The van der Waals surface area contributed by atoms with E-state index in [1.165, 1.54) is 16.8 Å². The van der Waals surface area contributed by atoms with Gasteiger partial charge in [-0.05, 0) is 48.6 Å². The van der Waals surface area contributed by atoms with E-state index in [1.54, 1.807) is 6.07 Å². The molecule has 2 heteroatoms. The van der Waals surface area contributed by atoms with Gasteiger partial charge in [0, 0.05) is 5.69 Å². The molecular formula is C16H16FN. The second kappa shape index (κ2) is 4.45. The fraction of sp³-hybridized carbons (Fsp3) is 0.250. The summed E-state index contributed by atoms with van der Waals surface area (Å²) < 4.78 is 13.3. The van der Waals surface area contributed by atoms with E-state index in [2.05, 4.69) is 23.5 Å². The molecule has 1 nitrogen and oxygen atoms in total. The van der Waals surface area contributed by atoms with Gasteiger partial charge in [0.25, 0.3) is 0 Å². The molecule has 0 spiro atoms. The number of benzene rings is 2. The number of aryl methyl sites for hydroxylation is 2. The van der Waals surface area contributed by atoms with E-state index >= 15 is 0 Å². The molecule has 0 aliphatic carbocycles. The molecule has 0 saturated heterocycles. The van der Waals surface area contributed by atoms with Crippen LogP contribution in [-0.4, -0.2) is 0 Å². The van der Waals surface area contributed by atoms with Crippen LogP contribution >= 0.6 is 0 Å². The fourth-order valence-corrected chi connectivity index (χ4v) is 2.57. The SMILES string of the molecule is Cc1cc(C2CCc3ccccc3N2)ccc1F. The Morgan fingerprint density at radius 3 is 2.83 bits per heavy atom. The summed E-state index contributed by atoms with van der Waals surface area (Å²) in [5.41, 5.74) is 4.46. The van der Waals surface area contributed by atoms with E-state index in [-0.39, 0.29) is 5.82 Å². The van der Waals surface area contributed by atoms with Crippen LogP contribution in [0.15, 0.2) is 42.5 Å². The highest BCUT2D eigenvalue weighted by Gasteiger charge is 2.19. The van der Waals surface area contributed by atoms with Gasteiger partial charge in [0.1, 0.15) is 5.82 Å². The Morgan fingerprint density at radius 2 is 2.00 bits per heavy atom. The Hall–Kier alpha value is -1.83. The normalized spacial score (nSPS) is 18.0. The molecule has 0 bridgehead atoms. The molecule has 3 rings (SSSR count). The van der Waals surface area contributed by atoms with Crippen molar-refractivity contribution in [3.63, 3.8) is 0 Å². The Labute approximate surface area is 107 Å².